The van der Waals surface area contributed by atoms with E-state index in [-0.39, 0.29) is 11.5 Å². The third-order valence-corrected chi connectivity index (χ3v) is 3.30. The summed E-state index contributed by atoms with van der Waals surface area (Å²) in [5.74, 6) is 0.210. The highest BCUT2D eigenvalue weighted by molar-refractivity contribution is 9.10. The van der Waals surface area contributed by atoms with Gasteiger partial charge in [0.05, 0.1) is 5.56 Å². The first kappa shape index (κ1) is 11.9. The Hall–Kier alpha value is -0.550. The molecule has 0 aliphatic heterocycles. The molecule has 1 aliphatic rings. The maximum absolute atomic E-state index is 12.8. The lowest BCUT2D eigenvalue weighted by molar-refractivity contribution is -0.138. The third kappa shape index (κ3) is 2.40. The van der Waals surface area contributed by atoms with Gasteiger partial charge in [-0.15, -0.1) is 0 Å². The van der Waals surface area contributed by atoms with Gasteiger partial charge in [0.25, 0.3) is 0 Å². The topological polar surface area (TPSA) is 26.0 Å². The first-order chi connectivity index (χ1) is 7.39. The van der Waals surface area contributed by atoms with Gasteiger partial charge in [-0.05, 0) is 36.5 Å². The number of rotatable bonds is 2. The average Bonchev–Trinajstić information content (AvgIpc) is 2.98. The Kier molecular flexibility index (Phi) is 3.01. The highest BCUT2D eigenvalue weighted by atomic mass is 79.9. The van der Waals surface area contributed by atoms with Gasteiger partial charge in [-0.1, -0.05) is 22.0 Å². The molecule has 88 valence electrons. The number of nitrogens with two attached hydrogens (primary N) is 1. The van der Waals surface area contributed by atoms with Gasteiger partial charge < -0.3 is 5.73 Å². The Morgan fingerprint density at radius 2 is 1.94 bits per heavy atom. The van der Waals surface area contributed by atoms with Gasteiger partial charge in [0.1, 0.15) is 0 Å². The van der Waals surface area contributed by atoms with Gasteiger partial charge in [0.2, 0.25) is 0 Å². The van der Waals surface area contributed by atoms with Crippen LogP contribution in [0.5, 0.6) is 0 Å². The monoisotopic (exact) mass is 293 g/mol. The zero-order valence-corrected chi connectivity index (χ0v) is 9.98. The van der Waals surface area contributed by atoms with Crippen molar-refractivity contribution in [2.75, 3.05) is 0 Å². The van der Waals surface area contributed by atoms with Crippen molar-refractivity contribution in [2.45, 2.75) is 25.1 Å². The Morgan fingerprint density at radius 1 is 1.31 bits per heavy atom. The normalized spacial score (nSPS) is 18.6. The lowest BCUT2D eigenvalue weighted by atomic mass is 9.97. The average molecular weight is 294 g/mol. The van der Waals surface area contributed by atoms with Gasteiger partial charge in [-0.3, -0.25) is 0 Å². The van der Waals surface area contributed by atoms with E-state index in [0.717, 1.165) is 18.9 Å². The van der Waals surface area contributed by atoms with Crippen LogP contribution in [-0.4, -0.2) is 0 Å². The minimum Gasteiger partial charge on any atom is -0.324 e. The zero-order chi connectivity index (χ0) is 11.9. The van der Waals surface area contributed by atoms with Gasteiger partial charge in [-0.2, -0.15) is 13.2 Å². The van der Waals surface area contributed by atoms with Gasteiger partial charge in [0.15, 0.2) is 0 Å². The molecule has 2 N–H and O–H groups in total. The Balaban J connectivity index is 2.43. The summed E-state index contributed by atoms with van der Waals surface area (Å²) < 4.78 is 38.8. The molecule has 0 spiro atoms. The Morgan fingerprint density at radius 3 is 2.44 bits per heavy atom. The van der Waals surface area contributed by atoms with Crippen molar-refractivity contribution in [1.82, 2.24) is 0 Å². The SMILES string of the molecule is NC(c1ccc(Br)cc1C(F)(F)F)C1CC1. The summed E-state index contributed by atoms with van der Waals surface area (Å²) in [4.78, 5) is 0. The van der Waals surface area contributed by atoms with Crippen LogP contribution in [0.4, 0.5) is 13.2 Å². The van der Waals surface area contributed by atoms with Gasteiger partial charge in [-0.25, -0.2) is 0 Å². The van der Waals surface area contributed by atoms with Crippen molar-refractivity contribution in [3.63, 3.8) is 0 Å². The second-order valence-electron chi connectivity index (χ2n) is 4.09. The molecule has 1 atom stereocenters. The number of hydrogen-bond donors (Lipinski definition) is 1. The molecular formula is C11H11BrF3N. The maximum atomic E-state index is 12.8. The van der Waals surface area contributed by atoms with E-state index in [0.29, 0.717) is 4.47 Å². The fraction of sp³-hybridized carbons (Fsp3) is 0.455. The zero-order valence-electron chi connectivity index (χ0n) is 8.39. The summed E-state index contributed by atoms with van der Waals surface area (Å²) in [5, 5.41) is 0. The van der Waals surface area contributed by atoms with Crippen LogP contribution >= 0.6 is 15.9 Å². The van der Waals surface area contributed by atoms with E-state index in [4.69, 9.17) is 5.73 Å². The second kappa shape index (κ2) is 4.04. The van der Waals surface area contributed by atoms with Gasteiger partial charge in [0, 0.05) is 10.5 Å². The number of hydrogen-bond acceptors (Lipinski definition) is 1. The smallest absolute Gasteiger partial charge is 0.324 e. The van der Waals surface area contributed by atoms with E-state index < -0.39 is 17.8 Å². The molecule has 0 radical (unpaired) electrons. The van der Waals surface area contributed by atoms with Crippen LogP contribution in [0.1, 0.15) is 30.0 Å². The van der Waals surface area contributed by atoms with Crippen molar-refractivity contribution in [3.8, 4) is 0 Å². The van der Waals surface area contributed by atoms with Crippen molar-refractivity contribution >= 4 is 15.9 Å². The molecule has 0 saturated heterocycles. The predicted molar refractivity (Wildman–Crippen MR) is 58.8 cm³/mol. The van der Waals surface area contributed by atoms with E-state index in [1.165, 1.54) is 6.07 Å². The van der Waals surface area contributed by atoms with Crippen molar-refractivity contribution in [2.24, 2.45) is 11.7 Å². The fourth-order valence-corrected chi connectivity index (χ4v) is 2.14. The highest BCUT2D eigenvalue weighted by Gasteiger charge is 2.38. The molecule has 1 aromatic rings. The van der Waals surface area contributed by atoms with E-state index in [2.05, 4.69) is 15.9 Å². The third-order valence-electron chi connectivity index (χ3n) is 2.81. The Labute approximate surface area is 100.0 Å². The molecule has 1 nitrogen and oxygen atoms in total. The maximum Gasteiger partial charge on any atom is 0.416 e. The molecule has 1 unspecified atom stereocenters. The van der Waals surface area contributed by atoms with Crippen LogP contribution in [-0.2, 0) is 6.18 Å². The first-order valence-corrected chi connectivity index (χ1v) is 5.81. The molecule has 16 heavy (non-hydrogen) atoms. The predicted octanol–water partition coefficient (Wildman–Crippen LogP) is 3.88. The molecule has 0 bridgehead atoms. The molecule has 0 amide bonds. The van der Waals surface area contributed by atoms with Crippen LogP contribution in [0.25, 0.3) is 0 Å². The summed E-state index contributed by atoms with van der Waals surface area (Å²) in [6.45, 7) is 0. The van der Waals surface area contributed by atoms with Crippen molar-refractivity contribution < 1.29 is 13.2 Å². The second-order valence-corrected chi connectivity index (χ2v) is 5.01. The van der Waals surface area contributed by atoms with E-state index in [1.54, 1.807) is 6.07 Å². The van der Waals surface area contributed by atoms with Crippen LogP contribution in [0.3, 0.4) is 0 Å². The highest BCUT2D eigenvalue weighted by Crippen LogP contribution is 2.44. The molecule has 1 fully saturated rings. The van der Waals surface area contributed by atoms with E-state index in [9.17, 15) is 13.2 Å². The molecule has 1 aliphatic carbocycles. The van der Waals surface area contributed by atoms with Crippen LogP contribution < -0.4 is 5.73 Å². The van der Waals surface area contributed by atoms with E-state index >= 15 is 0 Å². The lowest BCUT2D eigenvalue weighted by Gasteiger charge is -2.18. The van der Waals surface area contributed by atoms with Crippen LogP contribution in [0.15, 0.2) is 22.7 Å². The molecule has 0 heterocycles. The van der Waals surface area contributed by atoms with Crippen molar-refractivity contribution in [3.05, 3.63) is 33.8 Å². The minimum atomic E-state index is -4.34. The number of alkyl halides is 3. The van der Waals surface area contributed by atoms with Crippen LogP contribution in [0.2, 0.25) is 0 Å². The number of halogens is 4. The summed E-state index contributed by atoms with van der Waals surface area (Å²) in [6, 6.07) is 3.67. The summed E-state index contributed by atoms with van der Waals surface area (Å²) >= 11 is 3.05. The molecule has 5 heteroatoms. The van der Waals surface area contributed by atoms with Crippen LogP contribution in [0, 0.1) is 5.92 Å². The largest absolute Gasteiger partial charge is 0.416 e. The van der Waals surface area contributed by atoms with Crippen molar-refractivity contribution in [1.29, 1.82) is 0 Å². The Bertz CT molecular complexity index is 399. The number of benzene rings is 1. The standard InChI is InChI=1S/C11H11BrF3N/c12-7-3-4-8(10(16)6-1-2-6)9(5-7)11(13,14)15/h3-6,10H,1-2,16H2. The summed E-state index contributed by atoms with van der Waals surface area (Å²) in [7, 11) is 0. The molecule has 0 aromatic heterocycles. The van der Waals surface area contributed by atoms with Gasteiger partial charge >= 0.3 is 6.18 Å². The molecule has 2 rings (SSSR count). The molecule has 1 aromatic carbocycles. The summed E-state index contributed by atoms with van der Waals surface area (Å²) in [6.07, 6.45) is -2.49. The first-order valence-electron chi connectivity index (χ1n) is 5.02. The molecule has 1 saturated carbocycles. The lowest BCUT2D eigenvalue weighted by Crippen LogP contribution is -2.18. The summed E-state index contributed by atoms with van der Waals surface area (Å²) in [5.41, 5.74) is 5.42. The quantitative estimate of drug-likeness (QED) is 0.880. The minimum absolute atomic E-state index is 0.207. The fourth-order valence-electron chi connectivity index (χ4n) is 1.77. The van der Waals surface area contributed by atoms with E-state index in [1.807, 2.05) is 0 Å². The molecular weight excluding hydrogens is 283 g/mol.